The average Bonchev–Trinajstić information content (AvgIpc) is 3.06. The first-order valence-corrected chi connectivity index (χ1v) is 8.65. The van der Waals surface area contributed by atoms with Gasteiger partial charge in [0.25, 0.3) is 0 Å². The summed E-state index contributed by atoms with van der Waals surface area (Å²) in [6, 6.07) is 13.3. The Balaban J connectivity index is 1.61. The summed E-state index contributed by atoms with van der Waals surface area (Å²) < 4.78 is 0. The molecule has 0 aromatic heterocycles. The van der Waals surface area contributed by atoms with Gasteiger partial charge in [0.05, 0.1) is 12.5 Å². The molecule has 1 amide bonds. The van der Waals surface area contributed by atoms with Gasteiger partial charge in [0.1, 0.15) is 0 Å². The molecule has 2 unspecified atom stereocenters. The van der Waals surface area contributed by atoms with Gasteiger partial charge in [0.2, 0.25) is 5.91 Å². The SMILES string of the molecule is O=C(O)C[C@@H](NC(=O)C1C2CCCC21)c1cccc2ccccc12. The number of rotatable bonds is 5. The molecule has 2 aromatic carbocycles. The largest absolute Gasteiger partial charge is 0.481 e. The van der Waals surface area contributed by atoms with Crippen LogP contribution in [0.1, 0.15) is 37.3 Å². The second kappa shape index (κ2) is 5.93. The van der Waals surface area contributed by atoms with Crippen LogP contribution in [0.4, 0.5) is 0 Å². The predicted octanol–water partition coefficient (Wildman–Crippen LogP) is 3.52. The van der Waals surface area contributed by atoms with Gasteiger partial charge < -0.3 is 10.4 Å². The quantitative estimate of drug-likeness (QED) is 0.885. The first kappa shape index (κ1) is 15.2. The van der Waals surface area contributed by atoms with Crippen molar-refractivity contribution >= 4 is 22.6 Å². The Labute approximate surface area is 140 Å². The van der Waals surface area contributed by atoms with E-state index in [1.165, 1.54) is 6.42 Å². The molecule has 4 heteroatoms. The minimum Gasteiger partial charge on any atom is -0.481 e. The maximum Gasteiger partial charge on any atom is 0.305 e. The van der Waals surface area contributed by atoms with Crippen molar-refractivity contribution in [1.82, 2.24) is 5.32 Å². The Morgan fingerprint density at radius 3 is 2.54 bits per heavy atom. The molecule has 4 rings (SSSR count). The van der Waals surface area contributed by atoms with E-state index in [1.807, 2.05) is 42.5 Å². The van der Waals surface area contributed by atoms with Crippen LogP contribution in [0.3, 0.4) is 0 Å². The smallest absolute Gasteiger partial charge is 0.305 e. The Kier molecular flexibility index (Phi) is 3.75. The van der Waals surface area contributed by atoms with Crippen LogP contribution in [-0.2, 0) is 9.59 Å². The predicted molar refractivity (Wildman–Crippen MR) is 91.4 cm³/mol. The number of amides is 1. The molecule has 2 aliphatic rings. The van der Waals surface area contributed by atoms with Crippen molar-refractivity contribution in [3.8, 4) is 0 Å². The third-order valence-corrected chi connectivity index (χ3v) is 5.60. The summed E-state index contributed by atoms with van der Waals surface area (Å²) in [5, 5.41) is 14.4. The number of hydrogen-bond donors (Lipinski definition) is 2. The number of nitrogens with one attached hydrogen (secondary N) is 1. The number of hydrogen-bond acceptors (Lipinski definition) is 2. The zero-order valence-electron chi connectivity index (χ0n) is 13.4. The monoisotopic (exact) mass is 323 g/mol. The molecule has 0 spiro atoms. The summed E-state index contributed by atoms with van der Waals surface area (Å²) in [4.78, 5) is 23.9. The van der Waals surface area contributed by atoms with Crippen molar-refractivity contribution in [1.29, 1.82) is 0 Å². The number of fused-ring (bicyclic) bond motifs is 2. The highest BCUT2D eigenvalue weighted by atomic mass is 16.4. The maximum atomic E-state index is 12.6. The summed E-state index contributed by atoms with van der Waals surface area (Å²) in [6.45, 7) is 0. The van der Waals surface area contributed by atoms with Crippen LogP contribution >= 0.6 is 0 Å². The lowest BCUT2D eigenvalue weighted by molar-refractivity contribution is -0.137. The highest BCUT2D eigenvalue weighted by Crippen LogP contribution is 2.57. The lowest BCUT2D eigenvalue weighted by Gasteiger charge is -2.20. The minimum atomic E-state index is -0.899. The normalized spacial score (nSPS) is 25.9. The van der Waals surface area contributed by atoms with Gasteiger partial charge in [-0.2, -0.15) is 0 Å². The Bertz CT molecular complexity index is 785. The van der Waals surface area contributed by atoms with Crippen LogP contribution in [0.5, 0.6) is 0 Å². The molecule has 2 fully saturated rings. The molecule has 24 heavy (non-hydrogen) atoms. The zero-order chi connectivity index (χ0) is 16.7. The number of carboxylic acids is 1. The molecule has 3 atom stereocenters. The number of carbonyl (C=O) groups excluding carboxylic acids is 1. The first-order chi connectivity index (χ1) is 11.6. The highest BCUT2D eigenvalue weighted by Gasteiger charge is 2.56. The Morgan fingerprint density at radius 2 is 1.79 bits per heavy atom. The van der Waals surface area contributed by atoms with Crippen LogP contribution in [0, 0.1) is 17.8 Å². The van der Waals surface area contributed by atoms with Crippen molar-refractivity contribution in [3.63, 3.8) is 0 Å². The summed E-state index contributed by atoms with van der Waals surface area (Å²) in [5.41, 5.74) is 0.884. The lowest BCUT2D eigenvalue weighted by Crippen LogP contribution is -2.32. The second-order valence-corrected chi connectivity index (χ2v) is 7.01. The molecule has 2 aromatic rings. The van der Waals surface area contributed by atoms with E-state index in [4.69, 9.17) is 0 Å². The van der Waals surface area contributed by atoms with Crippen LogP contribution in [-0.4, -0.2) is 17.0 Å². The van der Waals surface area contributed by atoms with Crippen LogP contribution in [0.25, 0.3) is 10.8 Å². The van der Waals surface area contributed by atoms with Gasteiger partial charge in [-0.15, -0.1) is 0 Å². The van der Waals surface area contributed by atoms with E-state index in [9.17, 15) is 14.7 Å². The van der Waals surface area contributed by atoms with Gasteiger partial charge in [0.15, 0.2) is 0 Å². The molecule has 4 nitrogen and oxygen atoms in total. The fraction of sp³-hybridized carbons (Fsp3) is 0.400. The molecule has 2 N–H and O–H groups in total. The van der Waals surface area contributed by atoms with Gasteiger partial charge in [-0.3, -0.25) is 9.59 Å². The molecule has 0 bridgehead atoms. The van der Waals surface area contributed by atoms with Crippen LogP contribution < -0.4 is 5.32 Å². The number of benzene rings is 2. The molecule has 124 valence electrons. The maximum absolute atomic E-state index is 12.6. The van der Waals surface area contributed by atoms with Gasteiger partial charge in [0, 0.05) is 5.92 Å². The molecular formula is C20H21NO3. The standard InChI is InChI=1S/C20H21NO3/c22-18(23)11-17(21-20(24)19-15-9-4-10-16(15)19)14-8-3-6-12-5-1-2-7-13(12)14/h1-3,5-8,15-17,19H,4,9-11H2,(H,21,24)(H,22,23)/t15?,16?,17-,19?/m1/s1. The molecule has 0 saturated heterocycles. The van der Waals surface area contributed by atoms with Crippen LogP contribution in [0.2, 0.25) is 0 Å². The summed E-state index contributed by atoms with van der Waals surface area (Å²) in [5.74, 6) is 0.295. The number of carbonyl (C=O) groups is 2. The molecular weight excluding hydrogens is 302 g/mol. The Morgan fingerprint density at radius 1 is 1.08 bits per heavy atom. The average molecular weight is 323 g/mol. The summed E-state index contributed by atoms with van der Waals surface area (Å²) >= 11 is 0. The third-order valence-electron chi connectivity index (χ3n) is 5.60. The molecule has 0 radical (unpaired) electrons. The van der Waals surface area contributed by atoms with Gasteiger partial charge in [-0.1, -0.05) is 48.9 Å². The molecule has 2 saturated carbocycles. The highest BCUT2D eigenvalue weighted by molar-refractivity contribution is 5.88. The molecule has 0 aliphatic heterocycles. The summed E-state index contributed by atoms with van der Waals surface area (Å²) in [7, 11) is 0. The van der Waals surface area contributed by atoms with Gasteiger partial charge >= 0.3 is 5.97 Å². The number of carboxylic acid groups (broad SMARTS) is 1. The van der Waals surface area contributed by atoms with Gasteiger partial charge in [-0.05, 0) is 41.0 Å². The third kappa shape index (κ3) is 2.66. The van der Waals surface area contributed by atoms with E-state index in [0.717, 1.165) is 29.2 Å². The van der Waals surface area contributed by atoms with E-state index in [0.29, 0.717) is 11.8 Å². The van der Waals surface area contributed by atoms with E-state index in [-0.39, 0.29) is 18.2 Å². The van der Waals surface area contributed by atoms with Crippen molar-refractivity contribution < 1.29 is 14.7 Å². The van der Waals surface area contributed by atoms with Crippen molar-refractivity contribution in [2.45, 2.75) is 31.7 Å². The van der Waals surface area contributed by atoms with E-state index < -0.39 is 12.0 Å². The fourth-order valence-corrected chi connectivity index (χ4v) is 4.45. The zero-order valence-corrected chi connectivity index (χ0v) is 13.4. The van der Waals surface area contributed by atoms with Crippen molar-refractivity contribution in [3.05, 3.63) is 48.0 Å². The lowest BCUT2D eigenvalue weighted by atomic mass is 9.96. The number of aliphatic carboxylic acids is 1. The van der Waals surface area contributed by atoms with E-state index in [2.05, 4.69) is 5.32 Å². The minimum absolute atomic E-state index is 0.0314. The fourth-order valence-electron chi connectivity index (χ4n) is 4.45. The van der Waals surface area contributed by atoms with E-state index >= 15 is 0 Å². The molecule has 2 aliphatic carbocycles. The van der Waals surface area contributed by atoms with E-state index in [1.54, 1.807) is 0 Å². The first-order valence-electron chi connectivity index (χ1n) is 8.65. The summed E-state index contributed by atoms with van der Waals surface area (Å²) in [6.07, 6.45) is 3.41. The molecule has 0 heterocycles. The van der Waals surface area contributed by atoms with Crippen molar-refractivity contribution in [2.75, 3.05) is 0 Å². The van der Waals surface area contributed by atoms with Crippen LogP contribution in [0.15, 0.2) is 42.5 Å². The topological polar surface area (TPSA) is 66.4 Å². The van der Waals surface area contributed by atoms with Gasteiger partial charge in [-0.25, -0.2) is 0 Å². The second-order valence-electron chi connectivity index (χ2n) is 7.01. The van der Waals surface area contributed by atoms with Crippen molar-refractivity contribution in [2.24, 2.45) is 17.8 Å². The Hall–Kier alpha value is -2.36.